The minimum atomic E-state index is -0.496. The summed E-state index contributed by atoms with van der Waals surface area (Å²) in [7, 11) is 0. The molecule has 2 aromatic carbocycles. The molecule has 0 unspecified atom stereocenters. The predicted octanol–water partition coefficient (Wildman–Crippen LogP) is 5.66. The Balaban J connectivity index is 1.90. The topological polar surface area (TPSA) is 27.7 Å². The summed E-state index contributed by atoms with van der Waals surface area (Å²) in [5.74, 6) is 1.34. The van der Waals surface area contributed by atoms with E-state index in [1.165, 1.54) is 0 Å². The molecule has 0 aromatic heterocycles. The highest BCUT2D eigenvalue weighted by molar-refractivity contribution is 5.33. The van der Waals surface area contributed by atoms with E-state index < -0.39 is 13.3 Å². The van der Waals surface area contributed by atoms with Crippen molar-refractivity contribution in [2.45, 2.75) is 38.5 Å². The molecule has 160 valence electrons. The van der Waals surface area contributed by atoms with Gasteiger partial charge in [-0.2, -0.15) is 0 Å². The van der Waals surface area contributed by atoms with Crippen molar-refractivity contribution < 1.29 is 23.0 Å². The van der Waals surface area contributed by atoms with E-state index in [-0.39, 0.29) is 24.0 Å². The van der Waals surface area contributed by atoms with Crippen LogP contribution in [0.2, 0.25) is 0 Å². The first-order chi connectivity index (χ1) is 13.8. The van der Waals surface area contributed by atoms with Crippen LogP contribution in [0.1, 0.15) is 38.8 Å². The van der Waals surface area contributed by atoms with Gasteiger partial charge in [0.25, 0.3) is 0 Å². The average Bonchev–Trinajstić information content (AvgIpc) is 2.71. The van der Waals surface area contributed by atoms with Crippen LogP contribution < -0.4 is 9.47 Å². The van der Waals surface area contributed by atoms with Crippen LogP contribution in [0.25, 0.3) is 0 Å². The number of hydrogen-bond acceptors (Lipinski definition) is 3. The van der Waals surface area contributed by atoms with Crippen molar-refractivity contribution in [3.63, 3.8) is 0 Å². The lowest BCUT2D eigenvalue weighted by Crippen LogP contribution is -2.30. The molecule has 0 aliphatic rings. The molecule has 0 heterocycles. The third kappa shape index (κ3) is 7.00. The molecule has 0 aliphatic carbocycles. The molecule has 0 amide bonds. The second-order valence-electron chi connectivity index (χ2n) is 8.38. The molecule has 29 heavy (non-hydrogen) atoms. The van der Waals surface area contributed by atoms with Crippen LogP contribution in [0.4, 0.5) is 8.78 Å². The Morgan fingerprint density at radius 2 is 0.966 bits per heavy atom. The third-order valence-corrected chi connectivity index (χ3v) is 4.89. The van der Waals surface area contributed by atoms with Gasteiger partial charge in [-0.3, -0.25) is 0 Å². The number of ether oxygens (including phenoxy) is 3. The molecule has 2 aromatic rings. The summed E-state index contributed by atoms with van der Waals surface area (Å²) < 4.78 is 41.1. The summed E-state index contributed by atoms with van der Waals surface area (Å²) in [6.45, 7) is 8.83. The average molecular weight is 407 g/mol. The Morgan fingerprint density at radius 1 is 0.621 bits per heavy atom. The van der Waals surface area contributed by atoms with Crippen molar-refractivity contribution in [3.05, 3.63) is 59.7 Å². The summed E-state index contributed by atoms with van der Waals surface area (Å²) in [5, 5.41) is 0. The molecule has 0 aliphatic heterocycles. The second kappa shape index (κ2) is 10.6. The van der Waals surface area contributed by atoms with Crippen molar-refractivity contribution in [2.24, 2.45) is 0 Å². The molecule has 0 atom stereocenters. The summed E-state index contributed by atoms with van der Waals surface area (Å²) in [4.78, 5) is 0. The van der Waals surface area contributed by atoms with Gasteiger partial charge in [-0.05, 0) is 35.4 Å². The molecular formula is C24H32F2O3. The number of benzene rings is 2. The summed E-state index contributed by atoms with van der Waals surface area (Å²) in [6.07, 6.45) is 0. The van der Waals surface area contributed by atoms with E-state index >= 15 is 0 Å². The number of hydrogen-bond donors (Lipinski definition) is 0. The lowest BCUT2D eigenvalue weighted by Gasteiger charge is -2.30. The zero-order valence-corrected chi connectivity index (χ0v) is 17.8. The van der Waals surface area contributed by atoms with E-state index in [4.69, 9.17) is 14.2 Å². The lowest BCUT2D eigenvalue weighted by atomic mass is 9.84. The molecule has 0 saturated carbocycles. The van der Waals surface area contributed by atoms with Gasteiger partial charge in [-0.15, -0.1) is 0 Å². The van der Waals surface area contributed by atoms with Crippen molar-refractivity contribution in [3.8, 4) is 11.5 Å². The summed E-state index contributed by atoms with van der Waals surface area (Å²) in [5.41, 5.74) is 1.94. The largest absolute Gasteiger partial charge is 0.491 e. The van der Waals surface area contributed by atoms with Crippen molar-refractivity contribution in [1.82, 2.24) is 0 Å². The van der Waals surface area contributed by atoms with Crippen LogP contribution in [0.5, 0.6) is 11.5 Å². The fourth-order valence-corrected chi connectivity index (χ4v) is 3.05. The first kappa shape index (κ1) is 23.1. The van der Waals surface area contributed by atoms with Gasteiger partial charge in [0.15, 0.2) is 0 Å². The van der Waals surface area contributed by atoms with Crippen LogP contribution in [0.3, 0.4) is 0 Å². The first-order valence-electron chi connectivity index (χ1n) is 9.95. The Morgan fingerprint density at radius 3 is 1.28 bits per heavy atom. The Labute approximate surface area is 173 Å². The minimum Gasteiger partial charge on any atom is -0.491 e. The van der Waals surface area contributed by atoms with Gasteiger partial charge in [0.05, 0.1) is 13.2 Å². The smallest absolute Gasteiger partial charge is 0.123 e. The van der Waals surface area contributed by atoms with Gasteiger partial charge >= 0.3 is 0 Å². The maximum Gasteiger partial charge on any atom is 0.123 e. The molecule has 2 rings (SSSR count). The highest BCUT2D eigenvalue weighted by Gasteiger charge is 2.25. The number of alkyl halides is 2. The molecule has 5 heteroatoms. The fourth-order valence-electron chi connectivity index (χ4n) is 3.05. The van der Waals surface area contributed by atoms with Gasteiger partial charge in [-0.1, -0.05) is 52.0 Å². The molecule has 0 spiro atoms. The first-order valence-corrected chi connectivity index (χ1v) is 9.95. The monoisotopic (exact) mass is 406 g/mol. The lowest BCUT2D eigenvalue weighted by molar-refractivity contribution is 0.0633. The van der Waals surface area contributed by atoms with Crippen molar-refractivity contribution in [2.75, 3.05) is 39.8 Å². The number of rotatable bonds is 12. The standard InChI is InChI=1S/C24H32F2O3/c1-23(2,19-5-9-21(10-6-19)28-15-13-25)17-27-18-24(3,4)20-7-11-22(12-8-20)29-16-14-26/h5-12H,13-18H2,1-4H3. The normalized spacial score (nSPS) is 12.1. The van der Waals surface area contributed by atoms with Gasteiger partial charge in [0.2, 0.25) is 0 Å². The molecule has 3 nitrogen and oxygen atoms in total. The molecule has 0 N–H and O–H groups in total. The van der Waals surface area contributed by atoms with Gasteiger partial charge in [-0.25, -0.2) is 8.78 Å². The molecule has 0 saturated heterocycles. The maximum atomic E-state index is 12.2. The third-order valence-electron chi connectivity index (χ3n) is 4.89. The highest BCUT2D eigenvalue weighted by Crippen LogP contribution is 2.29. The van der Waals surface area contributed by atoms with Crippen LogP contribution in [-0.2, 0) is 15.6 Å². The molecular weight excluding hydrogens is 374 g/mol. The van der Waals surface area contributed by atoms with Gasteiger partial charge < -0.3 is 14.2 Å². The quantitative estimate of drug-likeness (QED) is 0.455. The van der Waals surface area contributed by atoms with Gasteiger partial charge in [0.1, 0.15) is 38.1 Å². The Kier molecular flexibility index (Phi) is 8.45. The van der Waals surface area contributed by atoms with E-state index in [0.29, 0.717) is 24.7 Å². The Hall–Kier alpha value is -2.14. The predicted molar refractivity (Wildman–Crippen MR) is 113 cm³/mol. The highest BCUT2D eigenvalue weighted by atomic mass is 19.1. The molecule has 0 fully saturated rings. The Bertz CT molecular complexity index is 661. The summed E-state index contributed by atoms with van der Waals surface area (Å²) in [6, 6.07) is 15.5. The van der Waals surface area contributed by atoms with Crippen molar-refractivity contribution >= 4 is 0 Å². The van der Waals surface area contributed by atoms with E-state index in [1.54, 1.807) is 0 Å². The maximum absolute atomic E-state index is 12.2. The van der Waals surface area contributed by atoms with E-state index in [1.807, 2.05) is 48.5 Å². The van der Waals surface area contributed by atoms with E-state index in [2.05, 4.69) is 27.7 Å². The minimum absolute atomic E-state index is 0.0733. The zero-order chi connectivity index (χ0) is 21.3. The van der Waals surface area contributed by atoms with Crippen LogP contribution in [-0.4, -0.2) is 39.8 Å². The SMILES string of the molecule is CC(C)(COCC(C)(C)c1ccc(OCCF)cc1)c1ccc(OCCF)cc1. The van der Waals surface area contributed by atoms with Gasteiger partial charge in [0, 0.05) is 10.8 Å². The molecule has 0 bridgehead atoms. The van der Waals surface area contributed by atoms with Crippen LogP contribution in [0, 0.1) is 0 Å². The van der Waals surface area contributed by atoms with Crippen LogP contribution >= 0.6 is 0 Å². The molecule has 0 radical (unpaired) electrons. The fraction of sp³-hybridized carbons (Fsp3) is 0.500. The zero-order valence-electron chi connectivity index (χ0n) is 17.8. The van der Waals surface area contributed by atoms with E-state index in [0.717, 1.165) is 11.1 Å². The van der Waals surface area contributed by atoms with Crippen molar-refractivity contribution in [1.29, 1.82) is 0 Å². The van der Waals surface area contributed by atoms with E-state index in [9.17, 15) is 8.78 Å². The number of halogens is 2. The summed E-state index contributed by atoms with van der Waals surface area (Å²) >= 11 is 0. The second-order valence-corrected chi connectivity index (χ2v) is 8.38. The van der Waals surface area contributed by atoms with Crippen LogP contribution in [0.15, 0.2) is 48.5 Å².